The van der Waals surface area contributed by atoms with Crippen LogP contribution in [0.15, 0.2) is 146 Å². The Hall–Kier alpha value is -4.33. The molecule has 0 fully saturated rings. The summed E-state index contributed by atoms with van der Waals surface area (Å²) in [6.07, 6.45) is 0. The third kappa shape index (κ3) is 4.37. The van der Waals surface area contributed by atoms with Crippen LogP contribution in [0.3, 0.4) is 0 Å². The maximum atomic E-state index is 6.47. The van der Waals surface area contributed by atoms with E-state index in [1.54, 1.807) is 0 Å². The molecule has 36 heavy (non-hydrogen) atoms. The highest BCUT2D eigenvalue weighted by Gasteiger charge is 2.14. The fourth-order valence-corrected chi connectivity index (χ4v) is 5.01. The van der Waals surface area contributed by atoms with Crippen molar-refractivity contribution in [2.24, 2.45) is 0 Å². The van der Waals surface area contributed by atoms with Gasteiger partial charge < -0.3 is 4.90 Å². The van der Waals surface area contributed by atoms with Gasteiger partial charge in [0, 0.05) is 22.1 Å². The molecule has 0 aromatic heterocycles. The van der Waals surface area contributed by atoms with E-state index in [0.29, 0.717) is 0 Å². The van der Waals surface area contributed by atoms with Crippen LogP contribution in [0.25, 0.3) is 33.0 Å². The van der Waals surface area contributed by atoms with Gasteiger partial charge in [0.1, 0.15) is 0 Å². The predicted molar refractivity (Wildman–Crippen MR) is 155 cm³/mol. The van der Waals surface area contributed by atoms with Gasteiger partial charge in [-0.25, -0.2) is 0 Å². The van der Waals surface area contributed by atoms with E-state index in [2.05, 4.69) is 132 Å². The van der Waals surface area contributed by atoms with Gasteiger partial charge in [0.2, 0.25) is 0 Å². The summed E-state index contributed by atoms with van der Waals surface area (Å²) in [6, 6.07) is 50.9. The van der Waals surface area contributed by atoms with Crippen LogP contribution in [0.5, 0.6) is 0 Å². The topological polar surface area (TPSA) is 3.24 Å². The van der Waals surface area contributed by atoms with E-state index >= 15 is 0 Å². The van der Waals surface area contributed by atoms with Crippen LogP contribution in [0.1, 0.15) is 0 Å². The van der Waals surface area contributed by atoms with E-state index in [0.717, 1.165) is 38.6 Å². The molecular weight excluding hydrogens is 458 g/mol. The first-order valence-corrected chi connectivity index (χ1v) is 12.4. The Kier molecular flexibility index (Phi) is 5.99. The minimum atomic E-state index is 0.747. The van der Waals surface area contributed by atoms with Crippen molar-refractivity contribution in [3.05, 3.63) is 151 Å². The van der Waals surface area contributed by atoms with E-state index in [1.807, 2.05) is 18.2 Å². The summed E-state index contributed by atoms with van der Waals surface area (Å²) in [5.41, 5.74) is 8.01. The molecule has 1 nitrogen and oxygen atoms in total. The minimum Gasteiger partial charge on any atom is -0.310 e. The van der Waals surface area contributed by atoms with Crippen molar-refractivity contribution in [3.63, 3.8) is 0 Å². The Balaban J connectivity index is 1.44. The van der Waals surface area contributed by atoms with Gasteiger partial charge in [-0.3, -0.25) is 0 Å². The molecule has 172 valence electrons. The molecule has 6 aromatic carbocycles. The highest BCUT2D eigenvalue weighted by atomic mass is 35.5. The molecule has 0 unspecified atom stereocenters. The van der Waals surface area contributed by atoms with Crippen LogP contribution in [-0.2, 0) is 0 Å². The number of hydrogen-bond donors (Lipinski definition) is 0. The number of rotatable bonds is 5. The Bertz CT molecular complexity index is 1620. The van der Waals surface area contributed by atoms with Crippen molar-refractivity contribution < 1.29 is 0 Å². The number of hydrogen-bond acceptors (Lipinski definition) is 1. The highest BCUT2D eigenvalue weighted by Crippen LogP contribution is 2.38. The second-order valence-corrected chi connectivity index (χ2v) is 9.25. The largest absolute Gasteiger partial charge is 0.310 e. The normalized spacial score (nSPS) is 10.9. The molecule has 0 aliphatic carbocycles. The standard InChI is InChI=1S/C34H24ClN/c35-29-22-28-12-7-8-17-33(28)34(24-29)26-18-20-31(21-19-26)36(30-14-5-2-6-15-30)32-16-9-13-27(23-32)25-10-3-1-4-11-25/h1-24H. The second-order valence-electron chi connectivity index (χ2n) is 8.81. The predicted octanol–water partition coefficient (Wildman–Crippen LogP) is 10.3. The number of fused-ring (bicyclic) bond motifs is 1. The lowest BCUT2D eigenvalue weighted by atomic mass is 9.98. The van der Waals surface area contributed by atoms with E-state index in [-0.39, 0.29) is 0 Å². The van der Waals surface area contributed by atoms with E-state index < -0.39 is 0 Å². The van der Waals surface area contributed by atoms with Crippen LogP contribution in [0.4, 0.5) is 17.1 Å². The molecule has 0 spiro atoms. The molecule has 0 radical (unpaired) electrons. The highest BCUT2D eigenvalue weighted by molar-refractivity contribution is 6.32. The fraction of sp³-hybridized carbons (Fsp3) is 0. The first-order chi connectivity index (χ1) is 17.8. The zero-order valence-electron chi connectivity index (χ0n) is 19.7. The van der Waals surface area contributed by atoms with Crippen molar-refractivity contribution in [1.82, 2.24) is 0 Å². The molecular formula is C34H24ClN. The van der Waals surface area contributed by atoms with Crippen LogP contribution in [0.2, 0.25) is 5.02 Å². The zero-order chi connectivity index (χ0) is 24.3. The smallest absolute Gasteiger partial charge is 0.0467 e. The number of halogens is 1. The Morgan fingerprint density at radius 3 is 1.81 bits per heavy atom. The molecule has 0 amide bonds. The maximum absolute atomic E-state index is 6.47. The summed E-state index contributed by atoms with van der Waals surface area (Å²) in [7, 11) is 0. The van der Waals surface area contributed by atoms with Gasteiger partial charge in [-0.15, -0.1) is 0 Å². The lowest BCUT2D eigenvalue weighted by Gasteiger charge is -2.26. The summed E-state index contributed by atoms with van der Waals surface area (Å²) in [5, 5.41) is 3.09. The van der Waals surface area contributed by atoms with Gasteiger partial charge in [0.05, 0.1) is 0 Å². The quantitative estimate of drug-likeness (QED) is 0.236. The summed E-state index contributed by atoms with van der Waals surface area (Å²) in [4.78, 5) is 2.30. The molecule has 0 N–H and O–H groups in total. The monoisotopic (exact) mass is 481 g/mol. The molecule has 0 bridgehead atoms. The van der Waals surface area contributed by atoms with Gasteiger partial charge >= 0.3 is 0 Å². The molecule has 6 aromatic rings. The minimum absolute atomic E-state index is 0.747. The Labute approximate surface area is 216 Å². The Morgan fingerprint density at radius 2 is 1.03 bits per heavy atom. The summed E-state index contributed by atoms with van der Waals surface area (Å²) in [6.45, 7) is 0. The van der Waals surface area contributed by atoms with Gasteiger partial charge in [0.25, 0.3) is 0 Å². The third-order valence-corrected chi connectivity index (χ3v) is 6.71. The van der Waals surface area contributed by atoms with Crippen LogP contribution in [-0.4, -0.2) is 0 Å². The fourth-order valence-electron chi connectivity index (χ4n) is 4.78. The van der Waals surface area contributed by atoms with E-state index in [1.165, 1.54) is 16.5 Å². The third-order valence-electron chi connectivity index (χ3n) is 6.49. The number of para-hydroxylation sites is 1. The van der Waals surface area contributed by atoms with Crippen molar-refractivity contribution in [3.8, 4) is 22.3 Å². The first-order valence-electron chi connectivity index (χ1n) is 12.1. The molecule has 2 heteroatoms. The lowest BCUT2D eigenvalue weighted by molar-refractivity contribution is 1.28. The van der Waals surface area contributed by atoms with Gasteiger partial charge in [0.15, 0.2) is 0 Å². The van der Waals surface area contributed by atoms with E-state index in [4.69, 9.17) is 11.6 Å². The summed E-state index contributed by atoms with van der Waals surface area (Å²) < 4.78 is 0. The van der Waals surface area contributed by atoms with Crippen LogP contribution < -0.4 is 4.90 Å². The molecule has 0 aliphatic heterocycles. The van der Waals surface area contributed by atoms with Gasteiger partial charge in [-0.1, -0.05) is 109 Å². The van der Waals surface area contributed by atoms with Gasteiger partial charge in [-0.2, -0.15) is 0 Å². The van der Waals surface area contributed by atoms with Crippen molar-refractivity contribution in [2.45, 2.75) is 0 Å². The zero-order valence-corrected chi connectivity index (χ0v) is 20.4. The average Bonchev–Trinajstić information content (AvgIpc) is 2.94. The van der Waals surface area contributed by atoms with E-state index in [9.17, 15) is 0 Å². The number of anilines is 3. The van der Waals surface area contributed by atoms with Crippen LogP contribution >= 0.6 is 11.6 Å². The molecule has 6 rings (SSSR count). The van der Waals surface area contributed by atoms with Crippen LogP contribution in [0, 0.1) is 0 Å². The average molecular weight is 482 g/mol. The summed E-state index contributed by atoms with van der Waals surface area (Å²) in [5.74, 6) is 0. The lowest BCUT2D eigenvalue weighted by Crippen LogP contribution is -2.09. The molecule has 0 saturated heterocycles. The number of benzene rings is 6. The first kappa shape index (κ1) is 22.2. The molecule has 0 saturated carbocycles. The van der Waals surface area contributed by atoms with Gasteiger partial charge in [-0.05, 0) is 81.6 Å². The maximum Gasteiger partial charge on any atom is 0.0467 e. The second kappa shape index (κ2) is 9.73. The molecule has 0 aliphatic rings. The Morgan fingerprint density at radius 1 is 0.417 bits per heavy atom. The number of nitrogens with zero attached hydrogens (tertiary/aromatic N) is 1. The SMILES string of the molecule is Clc1cc(-c2ccc(N(c3ccccc3)c3cccc(-c4ccccc4)c3)cc2)c2ccccc2c1. The van der Waals surface area contributed by atoms with Crippen molar-refractivity contribution >= 4 is 39.4 Å². The van der Waals surface area contributed by atoms with Crippen molar-refractivity contribution in [2.75, 3.05) is 4.90 Å². The molecule has 0 atom stereocenters. The molecule has 0 heterocycles. The van der Waals surface area contributed by atoms with Crippen molar-refractivity contribution in [1.29, 1.82) is 0 Å². The summed E-state index contributed by atoms with van der Waals surface area (Å²) >= 11 is 6.47.